The lowest BCUT2D eigenvalue weighted by Crippen LogP contribution is -2.14. The van der Waals surface area contributed by atoms with Gasteiger partial charge in [0, 0.05) is 37.2 Å². The van der Waals surface area contributed by atoms with Crippen molar-refractivity contribution < 1.29 is 0 Å². The maximum absolute atomic E-state index is 9.12. The first kappa shape index (κ1) is 12.0. The van der Waals surface area contributed by atoms with Crippen LogP contribution in [0.15, 0.2) is 36.8 Å². The summed E-state index contributed by atoms with van der Waals surface area (Å²) >= 11 is 0. The molecule has 0 amide bonds. The fourth-order valence-electron chi connectivity index (χ4n) is 1.58. The van der Waals surface area contributed by atoms with Gasteiger partial charge in [-0.15, -0.1) is 0 Å². The van der Waals surface area contributed by atoms with Gasteiger partial charge < -0.3 is 11.1 Å². The van der Waals surface area contributed by atoms with Crippen molar-refractivity contribution in [1.82, 2.24) is 9.97 Å². The normalized spacial score (nSPS) is 9.78. The van der Waals surface area contributed by atoms with Gasteiger partial charge in [0.2, 0.25) is 0 Å². The summed E-state index contributed by atoms with van der Waals surface area (Å²) in [5, 5.41) is 12.1. The molecule has 0 saturated heterocycles. The van der Waals surface area contributed by atoms with E-state index in [2.05, 4.69) is 21.4 Å². The number of nitrogens with two attached hydrogens (primary N) is 1. The molecular weight excluding hydrogens is 226 g/mol. The number of pyridine rings is 2. The van der Waals surface area contributed by atoms with Gasteiger partial charge in [0.1, 0.15) is 11.9 Å². The van der Waals surface area contributed by atoms with Crippen molar-refractivity contribution in [3.8, 4) is 17.2 Å². The average Bonchev–Trinajstić information content (AvgIpc) is 2.46. The molecule has 0 atom stereocenters. The van der Waals surface area contributed by atoms with Gasteiger partial charge in [0.05, 0.1) is 5.56 Å². The van der Waals surface area contributed by atoms with E-state index in [0.717, 1.165) is 11.1 Å². The summed E-state index contributed by atoms with van der Waals surface area (Å²) in [5.74, 6) is 0.570. The largest absolute Gasteiger partial charge is 0.368 e. The van der Waals surface area contributed by atoms with Gasteiger partial charge in [-0.2, -0.15) is 5.26 Å². The molecule has 2 aromatic heterocycles. The van der Waals surface area contributed by atoms with Crippen molar-refractivity contribution in [3.63, 3.8) is 0 Å². The van der Waals surface area contributed by atoms with Crippen LogP contribution in [0.3, 0.4) is 0 Å². The number of aromatic nitrogens is 2. The third-order valence-electron chi connectivity index (χ3n) is 2.46. The van der Waals surface area contributed by atoms with E-state index in [1.54, 1.807) is 24.7 Å². The number of anilines is 1. The van der Waals surface area contributed by atoms with Crippen molar-refractivity contribution in [2.75, 3.05) is 18.4 Å². The number of rotatable bonds is 4. The minimum atomic E-state index is 0.499. The molecule has 18 heavy (non-hydrogen) atoms. The first-order valence-corrected chi connectivity index (χ1v) is 5.59. The molecule has 0 spiro atoms. The highest BCUT2D eigenvalue weighted by molar-refractivity contribution is 5.67. The van der Waals surface area contributed by atoms with Crippen LogP contribution in [0.5, 0.6) is 0 Å². The Morgan fingerprint density at radius 2 is 2.06 bits per heavy atom. The molecule has 90 valence electrons. The Bertz CT molecular complexity index is 559. The molecule has 5 nitrogen and oxygen atoms in total. The lowest BCUT2D eigenvalue weighted by Gasteiger charge is -2.07. The van der Waals surface area contributed by atoms with Crippen molar-refractivity contribution in [3.05, 3.63) is 42.4 Å². The van der Waals surface area contributed by atoms with Gasteiger partial charge >= 0.3 is 0 Å². The molecule has 0 saturated carbocycles. The number of hydrogen-bond donors (Lipinski definition) is 2. The Hall–Kier alpha value is -2.45. The maximum Gasteiger partial charge on any atom is 0.143 e. The monoisotopic (exact) mass is 239 g/mol. The van der Waals surface area contributed by atoms with E-state index in [1.807, 2.05) is 12.1 Å². The molecule has 2 heterocycles. The molecule has 0 unspecified atom stereocenters. The third-order valence-corrected chi connectivity index (χ3v) is 2.46. The van der Waals surface area contributed by atoms with Gasteiger partial charge in [0.15, 0.2) is 0 Å². The third kappa shape index (κ3) is 2.62. The van der Waals surface area contributed by atoms with Crippen molar-refractivity contribution in [2.24, 2.45) is 5.73 Å². The van der Waals surface area contributed by atoms with Crippen LogP contribution in [-0.2, 0) is 0 Å². The van der Waals surface area contributed by atoms with Gasteiger partial charge in [-0.25, -0.2) is 4.98 Å². The predicted octanol–water partition coefficient (Wildman–Crippen LogP) is 1.39. The molecule has 0 bridgehead atoms. The molecule has 0 aliphatic heterocycles. The van der Waals surface area contributed by atoms with E-state index in [0.29, 0.717) is 24.5 Å². The highest BCUT2D eigenvalue weighted by atomic mass is 15.0. The number of hydrogen-bond acceptors (Lipinski definition) is 5. The van der Waals surface area contributed by atoms with Gasteiger partial charge in [-0.05, 0) is 23.8 Å². The molecule has 2 rings (SSSR count). The summed E-state index contributed by atoms with van der Waals surface area (Å²) in [4.78, 5) is 8.21. The minimum Gasteiger partial charge on any atom is -0.368 e. The van der Waals surface area contributed by atoms with Gasteiger partial charge in [-0.3, -0.25) is 4.98 Å². The number of nitriles is 1. The van der Waals surface area contributed by atoms with E-state index in [9.17, 15) is 0 Å². The van der Waals surface area contributed by atoms with Crippen LogP contribution in [0.25, 0.3) is 11.1 Å². The number of nitrogens with zero attached hydrogens (tertiary/aromatic N) is 3. The Kier molecular flexibility index (Phi) is 3.84. The van der Waals surface area contributed by atoms with Crippen LogP contribution in [0.1, 0.15) is 5.56 Å². The maximum atomic E-state index is 9.12. The summed E-state index contributed by atoms with van der Waals surface area (Å²) in [6.07, 6.45) is 5.15. The standard InChI is InChI=1S/C13H13N5/c14-3-6-17-13-11(8-15)7-12(9-18-13)10-1-4-16-5-2-10/h1-2,4-5,7,9H,3,6,14H2,(H,17,18). The summed E-state index contributed by atoms with van der Waals surface area (Å²) < 4.78 is 0. The topological polar surface area (TPSA) is 87.6 Å². The summed E-state index contributed by atoms with van der Waals surface area (Å²) in [5.41, 5.74) is 7.80. The second-order valence-electron chi connectivity index (χ2n) is 3.68. The predicted molar refractivity (Wildman–Crippen MR) is 69.7 cm³/mol. The molecule has 2 aromatic rings. The van der Waals surface area contributed by atoms with Crippen LogP contribution in [0.2, 0.25) is 0 Å². The second kappa shape index (κ2) is 5.75. The zero-order chi connectivity index (χ0) is 12.8. The van der Waals surface area contributed by atoms with Gasteiger partial charge in [-0.1, -0.05) is 0 Å². The molecule has 3 N–H and O–H groups in total. The number of nitrogens with one attached hydrogen (secondary N) is 1. The highest BCUT2D eigenvalue weighted by Crippen LogP contribution is 2.21. The summed E-state index contributed by atoms with van der Waals surface area (Å²) in [7, 11) is 0. The first-order chi connectivity index (χ1) is 8.85. The lowest BCUT2D eigenvalue weighted by molar-refractivity contribution is 1.01. The molecule has 0 fully saturated rings. The van der Waals surface area contributed by atoms with Crippen LogP contribution in [0, 0.1) is 11.3 Å². The van der Waals surface area contributed by atoms with Gasteiger partial charge in [0.25, 0.3) is 0 Å². The van der Waals surface area contributed by atoms with Crippen LogP contribution in [0.4, 0.5) is 5.82 Å². The second-order valence-corrected chi connectivity index (χ2v) is 3.68. The molecule has 0 aliphatic rings. The zero-order valence-corrected chi connectivity index (χ0v) is 9.80. The van der Waals surface area contributed by atoms with Crippen LogP contribution >= 0.6 is 0 Å². The fourth-order valence-corrected chi connectivity index (χ4v) is 1.58. The minimum absolute atomic E-state index is 0.499. The zero-order valence-electron chi connectivity index (χ0n) is 9.80. The van der Waals surface area contributed by atoms with Crippen molar-refractivity contribution in [2.45, 2.75) is 0 Å². The molecule has 0 aliphatic carbocycles. The SMILES string of the molecule is N#Cc1cc(-c2ccncc2)cnc1NCCN. The Morgan fingerprint density at radius 3 is 2.72 bits per heavy atom. The molecule has 0 aromatic carbocycles. The van der Waals surface area contributed by atoms with Crippen LogP contribution in [-0.4, -0.2) is 23.1 Å². The summed E-state index contributed by atoms with van der Waals surface area (Å²) in [6, 6.07) is 7.70. The average molecular weight is 239 g/mol. The fraction of sp³-hybridized carbons (Fsp3) is 0.154. The molecule has 5 heteroatoms. The Labute approximate surface area is 105 Å². The highest BCUT2D eigenvalue weighted by Gasteiger charge is 2.05. The molecule has 0 radical (unpaired) electrons. The summed E-state index contributed by atoms with van der Waals surface area (Å²) in [6.45, 7) is 1.09. The van der Waals surface area contributed by atoms with E-state index in [-0.39, 0.29) is 0 Å². The quantitative estimate of drug-likeness (QED) is 0.841. The lowest BCUT2D eigenvalue weighted by atomic mass is 10.1. The van der Waals surface area contributed by atoms with E-state index < -0.39 is 0 Å². The Morgan fingerprint density at radius 1 is 1.28 bits per heavy atom. The van der Waals surface area contributed by atoms with E-state index in [4.69, 9.17) is 11.0 Å². The van der Waals surface area contributed by atoms with Crippen molar-refractivity contribution >= 4 is 5.82 Å². The Balaban J connectivity index is 2.34. The first-order valence-electron chi connectivity index (χ1n) is 5.59. The molecular formula is C13H13N5. The smallest absolute Gasteiger partial charge is 0.143 e. The van der Waals surface area contributed by atoms with E-state index >= 15 is 0 Å². The van der Waals surface area contributed by atoms with E-state index in [1.165, 1.54) is 0 Å². The van der Waals surface area contributed by atoms with Crippen molar-refractivity contribution in [1.29, 1.82) is 5.26 Å². The van der Waals surface area contributed by atoms with Crippen LogP contribution < -0.4 is 11.1 Å².